The van der Waals surface area contributed by atoms with Crippen LogP contribution in [-0.4, -0.2) is 36.8 Å². The van der Waals surface area contributed by atoms with Crippen molar-refractivity contribution >= 4 is 32.6 Å². The highest BCUT2D eigenvalue weighted by molar-refractivity contribution is 7.22. The molecule has 3 aromatic rings. The molecule has 32 heavy (non-hydrogen) atoms. The van der Waals surface area contributed by atoms with Crippen molar-refractivity contribution < 1.29 is 14.3 Å². The molecule has 0 radical (unpaired) electrons. The number of aromatic nitrogens is 1. The number of aryl methyl sites for hydroxylation is 1. The lowest BCUT2D eigenvalue weighted by molar-refractivity contribution is 0.0917. The number of anilines is 1. The molecule has 0 N–H and O–H groups in total. The molecule has 1 aliphatic heterocycles. The van der Waals surface area contributed by atoms with E-state index in [2.05, 4.69) is 26.0 Å². The predicted molar refractivity (Wildman–Crippen MR) is 131 cm³/mol. The Hall–Kier alpha value is -2.44. The Morgan fingerprint density at radius 3 is 2.91 bits per heavy atom. The third kappa shape index (κ3) is 5.48. The Labute approximate surface area is 194 Å². The van der Waals surface area contributed by atoms with E-state index in [0.29, 0.717) is 18.7 Å². The maximum Gasteiger partial charge on any atom is 0.260 e. The van der Waals surface area contributed by atoms with Gasteiger partial charge in [-0.2, -0.15) is 0 Å². The summed E-state index contributed by atoms with van der Waals surface area (Å²) in [7, 11) is 0. The van der Waals surface area contributed by atoms with Crippen LogP contribution in [0.3, 0.4) is 0 Å². The van der Waals surface area contributed by atoms with Gasteiger partial charge in [-0.05, 0) is 61.6 Å². The van der Waals surface area contributed by atoms with Crippen LogP contribution in [0.1, 0.15) is 61.9 Å². The summed E-state index contributed by atoms with van der Waals surface area (Å²) in [6.07, 6.45) is 6.35. The SMILES string of the molecule is CCCCCOc1cccc(C(=O)N(CC2CCCO2)c2nc3ccc(CC)cc3s2)c1. The van der Waals surface area contributed by atoms with Crippen molar-refractivity contribution in [3.63, 3.8) is 0 Å². The van der Waals surface area contributed by atoms with Gasteiger partial charge in [0.1, 0.15) is 5.75 Å². The van der Waals surface area contributed by atoms with Gasteiger partial charge in [0, 0.05) is 12.2 Å². The summed E-state index contributed by atoms with van der Waals surface area (Å²) in [5.41, 5.74) is 2.82. The van der Waals surface area contributed by atoms with Crippen LogP contribution in [0.25, 0.3) is 10.2 Å². The highest BCUT2D eigenvalue weighted by atomic mass is 32.1. The molecular formula is C26H32N2O3S. The number of amides is 1. The molecule has 5 nitrogen and oxygen atoms in total. The molecule has 0 saturated carbocycles. The first-order valence-corrected chi connectivity index (χ1v) is 12.6. The number of fused-ring (bicyclic) bond motifs is 1. The molecule has 1 saturated heterocycles. The molecule has 1 unspecified atom stereocenters. The second-order valence-corrected chi connectivity index (χ2v) is 9.30. The van der Waals surface area contributed by atoms with E-state index in [0.717, 1.165) is 66.2 Å². The van der Waals surface area contributed by atoms with Crippen molar-refractivity contribution in [2.75, 3.05) is 24.7 Å². The van der Waals surface area contributed by atoms with Crippen molar-refractivity contribution in [2.45, 2.75) is 58.5 Å². The average Bonchev–Trinajstić information content (AvgIpc) is 3.49. The van der Waals surface area contributed by atoms with Crippen LogP contribution in [0, 0.1) is 0 Å². The summed E-state index contributed by atoms with van der Waals surface area (Å²) < 4.78 is 12.9. The van der Waals surface area contributed by atoms with E-state index in [1.165, 1.54) is 5.56 Å². The molecule has 1 aromatic heterocycles. The fourth-order valence-corrected chi connectivity index (χ4v) is 4.99. The number of carbonyl (C=O) groups is 1. The molecule has 2 heterocycles. The second kappa shape index (κ2) is 10.9. The molecule has 0 bridgehead atoms. The molecule has 1 amide bonds. The summed E-state index contributed by atoms with van der Waals surface area (Å²) in [4.78, 5) is 20.2. The standard InChI is InChI=1S/C26H32N2O3S/c1-3-5-6-14-30-21-10-7-9-20(17-21)25(29)28(18-22-11-8-15-31-22)26-27-23-13-12-19(4-2)16-24(23)32-26/h7,9-10,12-13,16-17,22H,3-6,8,11,14-15,18H2,1-2H3. The van der Waals surface area contributed by atoms with Gasteiger partial charge in [-0.15, -0.1) is 0 Å². The van der Waals surface area contributed by atoms with Gasteiger partial charge < -0.3 is 9.47 Å². The van der Waals surface area contributed by atoms with Crippen LogP contribution in [-0.2, 0) is 11.2 Å². The van der Waals surface area contributed by atoms with Gasteiger partial charge in [-0.25, -0.2) is 4.98 Å². The number of rotatable bonds is 10. The highest BCUT2D eigenvalue weighted by Gasteiger charge is 2.27. The summed E-state index contributed by atoms with van der Waals surface area (Å²) in [6.45, 7) is 6.26. The summed E-state index contributed by atoms with van der Waals surface area (Å²) >= 11 is 1.57. The minimum Gasteiger partial charge on any atom is -0.494 e. The summed E-state index contributed by atoms with van der Waals surface area (Å²) in [5.74, 6) is 0.676. The number of unbranched alkanes of at least 4 members (excludes halogenated alkanes) is 2. The molecule has 4 rings (SSSR count). The van der Waals surface area contributed by atoms with Gasteiger partial charge in [0.15, 0.2) is 5.13 Å². The lowest BCUT2D eigenvalue weighted by Gasteiger charge is -2.23. The lowest BCUT2D eigenvalue weighted by atomic mass is 10.1. The van der Waals surface area contributed by atoms with Gasteiger partial charge in [-0.3, -0.25) is 9.69 Å². The smallest absolute Gasteiger partial charge is 0.260 e. The molecule has 0 spiro atoms. The summed E-state index contributed by atoms with van der Waals surface area (Å²) in [5, 5.41) is 0.725. The fourth-order valence-electron chi connectivity index (χ4n) is 3.95. The molecule has 1 aliphatic rings. The number of carbonyl (C=O) groups excluding carboxylic acids is 1. The molecule has 170 valence electrons. The third-order valence-corrected chi connectivity index (χ3v) is 6.87. The molecule has 1 atom stereocenters. The van der Waals surface area contributed by atoms with Crippen LogP contribution in [0.15, 0.2) is 42.5 Å². The van der Waals surface area contributed by atoms with E-state index in [4.69, 9.17) is 14.5 Å². The largest absolute Gasteiger partial charge is 0.494 e. The topological polar surface area (TPSA) is 51.7 Å². The molecule has 1 fully saturated rings. The Bertz CT molecular complexity index is 1040. The predicted octanol–water partition coefficient (Wildman–Crippen LogP) is 6.25. The quantitative estimate of drug-likeness (QED) is 0.341. The Balaban J connectivity index is 1.59. The first-order chi connectivity index (χ1) is 15.7. The van der Waals surface area contributed by atoms with E-state index in [9.17, 15) is 4.79 Å². The number of hydrogen-bond donors (Lipinski definition) is 0. The average molecular weight is 453 g/mol. The fraction of sp³-hybridized carbons (Fsp3) is 0.462. The molecular weight excluding hydrogens is 420 g/mol. The van der Waals surface area contributed by atoms with Crippen molar-refractivity contribution in [1.82, 2.24) is 4.98 Å². The second-order valence-electron chi connectivity index (χ2n) is 8.29. The van der Waals surface area contributed by atoms with E-state index >= 15 is 0 Å². The number of ether oxygens (including phenoxy) is 2. The van der Waals surface area contributed by atoms with E-state index in [1.807, 2.05) is 30.3 Å². The molecule has 2 aromatic carbocycles. The first-order valence-electron chi connectivity index (χ1n) is 11.7. The lowest BCUT2D eigenvalue weighted by Crippen LogP contribution is -2.37. The zero-order valence-electron chi connectivity index (χ0n) is 19.0. The van der Waals surface area contributed by atoms with Crippen molar-refractivity contribution in [1.29, 1.82) is 0 Å². The van der Waals surface area contributed by atoms with Gasteiger partial charge in [-0.1, -0.05) is 50.2 Å². The van der Waals surface area contributed by atoms with E-state index in [-0.39, 0.29) is 12.0 Å². The summed E-state index contributed by atoms with van der Waals surface area (Å²) in [6, 6.07) is 13.8. The maximum atomic E-state index is 13.6. The number of nitrogens with zero attached hydrogens (tertiary/aromatic N) is 2. The van der Waals surface area contributed by atoms with Crippen LogP contribution < -0.4 is 9.64 Å². The van der Waals surface area contributed by atoms with Gasteiger partial charge in [0.2, 0.25) is 0 Å². The number of benzene rings is 2. The van der Waals surface area contributed by atoms with E-state index < -0.39 is 0 Å². The normalized spacial score (nSPS) is 15.9. The zero-order valence-corrected chi connectivity index (χ0v) is 19.8. The number of thiazole rings is 1. The van der Waals surface area contributed by atoms with Crippen molar-refractivity contribution in [2.24, 2.45) is 0 Å². The minimum atomic E-state index is -0.0609. The van der Waals surface area contributed by atoms with Crippen LogP contribution in [0.5, 0.6) is 5.75 Å². The maximum absolute atomic E-state index is 13.6. The zero-order chi connectivity index (χ0) is 22.3. The molecule has 6 heteroatoms. The Morgan fingerprint density at radius 2 is 2.12 bits per heavy atom. The molecule has 0 aliphatic carbocycles. The van der Waals surface area contributed by atoms with Crippen LogP contribution >= 0.6 is 11.3 Å². The third-order valence-electron chi connectivity index (χ3n) is 5.83. The van der Waals surface area contributed by atoms with Gasteiger partial charge in [0.25, 0.3) is 5.91 Å². The van der Waals surface area contributed by atoms with Crippen LogP contribution in [0.2, 0.25) is 0 Å². The van der Waals surface area contributed by atoms with Crippen molar-refractivity contribution in [3.05, 3.63) is 53.6 Å². The Kier molecular flexibility index (Phi) is 7.76. The Morgan fingerprint density at radius 1 is 1.22 bits per heavy atom. The van der Waals surface area contributed by atoms with Crippen LogP contribution in [0.4, 0.5) is 5.13 Å². The first kappa shape index (κ1) is 22.7. The minimum absolute atomic E-state index is 0.0469. The highest BCUT2D eigenvalue weighted by Crippen LogP contribution is 2.32. The van der Waals surface area contributed by atoms with Crippen molar-refractivity contribution in [3.8, 4) is 5.75 Å². The van der Waals surface area contributed by atoms with Gasteiger partial charge in [0.05, 0.1) is 29.5 Å². The number of hydrogen-bond acceptors (Lipinski definition) is 5. The monoisotopic (exact) mass is 452 g/mol. The van der Waals surface area contributed by atoms with Gasteiger partial charge >= 0.3 is 0 Å². The van der Waals surface area contributed by atoms with E-state index in [1.54, 1.807) is 16.2 Å².